The van der Waals surface area contributed by atoms with Gasteiger partial charge in [-0.1, -0.05) is 6.58 Å². The fourth-order valence-corrected chi connectivity index (χ4v) is 1.02. The molecular formula is C10H10F3NO. The minimum Gasteiger partial charge on any atom is -0.482 e. The maximum atomic E-state index is 11.8. The van der Waals surface area contributed by atoms with Gasteiger partial charge in [0.1, 0.15) is 5.75 Å². The second-order valence-corrected chi connectivity index (χ2v) is 2.98. The number of aromatic nitrogens is 1. The lowest BCUT2D eigenvalue weighted by Crippen LogP contribution is -2.19. The van der Waals surface area contributed by atoms with E-state index in [2.05, 4.69) is 16.3 Å². The molecule has 0 saturated heterocycles. The van der Waals surface area contributed by atoms with Crippen molar-refractivity contribution >= 4 is 6.08 Å². The number of alkyl halides is 3. The van der Waals surface area contributed by atoms with Gasteiger partial charge in [0.15, 0.2) is 6.61 Å². The number of rotatable bonds is 3. The third-order valence-corrected chi connectivity index (χ3v) is 1.69. The van der Waals surface area contributed by atoms with Crippen molar-refractivity contribution in [1.82, 2.24) is 4.98 Å². The Morgan fingerprint density at radius 3 is 2.67 bits per heavy atom. The molecule has 0 spiro atoms. The first-order chi connectivity index (χ1) is 6.92. The van der Waals surface area contributed by atoms with Gasteiger partial charge >= 0.3 is 6.18 Å². The Morgan fingerprint density at radius 1 is 1.53 bits per heavy atom. The van der Waals surface area contributed by atoms with Crippen LogP contribution in [-0.4, -0.2) is 17.8 Å². The van der Waals surface area contributed by atoms with Crippen LogP contribution in [0.25, 0.3) is 6.08 Å². The normalized spacial score (nSPS) is 11.2. The summed E-state index contributed by atoms with van der Waals surface area (Å²) in [6.45, 7) is 3.95. The smallest absolute Gasteiger partial charge is 0.422 e. The van der Waals surface area contributed by atoms with Crippen molar-refractivity contribution in [1.29, 1.82) is 0 Å². The number of halogens is 3. The molecule has 1 aromatic heterocycles. The Hall–Kier alpha value is -1.52. The number of hydrogen-bond acceptors (Lipinski definition) is 2. The van der Waals surface area contributed by atoms with E-state index >= 15 is 0 Å². The summed E-state index contributed by atoms with van der Waals surface area (Å²) >= 11 is 0. The molecule has 0 fully saturated rings. The van der Waals surface area contributed by atoms with Crippen molar-refractivity contribution in [2.45, 2.75) is 13.1 Å². The van der Waals surface area contributed by atoms with Crippen molar-refractivity contribution < 1.29 is 17.9 Å². The highest BCUT2D eigenvalue weighted by atomic mass is 19.4. The lowest BCUT2D eigenvalue weighted by atomic mass is 10.2. The van der Waals surface area contributed by atoms with Crippen LogP contribution in [0.3, 0.4) is 0 Å². The van der Waals surface area contributed by atoms with Crippen molar-refractivity contribution in [3.63, 3.8) is 0 Å². The number of hydrogen-bond donors (Lipinski definition) is 0. The minimum absolute atomic E-state index is 0.107. The van der Waals surface area contributed by atoms with Gasteiger partial charge in [-0.15, -0.1) is 0 Å². The Morgan fingerprint density at radius 2 is 2.20 bits per heavy atom. The molecule has 0 bridgehead atoms. The molecule has 1 aromatic rings. The number of aryl methyl sites for hydroxylation is 1. The minimum atomic E-state index is -4.33. The van der Waals surface area contributed by atoms with Crippen LogP contribution in [0.1, 0.15) is 11.3 Å². The molecule has 0 radical (unpaired) electrons. The van der Waals surface area contributed by atoms with Crippen LogP contribution in [0.2, 0.25) is 0 Å². The highest BCUT2D eigenvalue weighted by Crippen LogP contribution is 2.19. The second-order valence-electron chi connectivity index (χ2n) is 2.98. The fraction of sp³-hybridized carbons (Fsp3) is 0.300. The third kappa shape index (κ3) is 3.61. The molecule has 1 rings (SSSR count). The first-order valence-corrected chi connectivity index (χ1v) is 4.21. The Kier molecular flexibility index (Phi) is 3.34. The van der Waals surface area contributed by atoms with Crippen LogP contribution >= 0.6 is 0 Å². The van der Waals surface area contributed by atoms with Crippen LogP contribution in [0.4, 0.5) is 13.2 Å². The fourth-order valence-electron chi connectivity index (χ4n) is 1.02. The predicted octanol–water partition coefficient (Wildman–Crippen LogP) is 2.97. The van der Waals surface area contributed by atoms with Gasteiger partial charge in [0.25, 0.3) is 0 Å². The van der Waals surface area contributed by atoms with Crippen LogP contribution < -0.4 is 4.74 Å². The number of ether oxygens (including phenoxy) is 1. The lowest BCUT2D eigenvalue weighted by Gasteiger charge is -2.09. The van der Waals surface area contributed by atoms with E-state index < -0.39 is 12.8 Å². The SMILES string of the molecule is C=Cc1ncc(OCC(F)(F)F)cc1C. The first-order valence-electron chi connectivity index (χ1n) is 4.21. The zero-order valence-electron chi connectivity index (χ0n) is 8.14. The van der Waals surface area contributed by atoms with E-state index in [1.807, 2.05) is 0 Å². The van der Waals surface area contributed by atoms with Gasteiger partial charge < -0.3 is 4.74 Å². The van der Waals surface area contributed by atoms with Gasteiger partial charge in [-0.05, 0) is 24.6 Å². The molecule has 15 heavy (non-hydrogen) atoms. The van der Waals surface area contributed by atoms with E-state index in [1.54, 1.807) is 6.92 Å². The third-order valence-electron chi connectivity index (χ3n) is 1.69. The number of pyridine rings is 1. The molecule has 0 saturated carbocycles. The van der Waals surface area contributed by atoms with Crippen LogP contribution in [0.15, 0.2) is 18.8 Å². The van der Waals surface area contributed by atoms with Crippen molar-refractivity contribution in [2.24, 2.45) is 0 Å². The van der Waals surface area contributed by atoms with Gasteiger partial charge in [0.2, 0.25) is 0 Å². The van der Waals surface area contributed by atoms with Gasteiger partial charge in [-0.2, -0.15) is 13.2 Å². The van der Waals surface area contributed by atoms with E-state index in [0.29, 0.717) is 5.69 Å². The van der Waals surface area contributed by atoms with Crippen molar-refractivity contribution in [3.05, 3.63) is 30.1 Å². The van der Waals surface area contributed by atoms with Crippen molar-refractivity contribution in [2.75, 3.05) is 6.61 Å². The van der Waals surface area contributed by atoms with Crippen LogP contribution in [0.5, 0.6) is 5.75 Å². The summed E-state index contributed by atoms with van der Waals surface area (Å²) in [6.07, 6.45) is -1.55. The van der Waals surface area contributed by atoms with Gasteiger partial charge in [-0.3, -0.25) is 4.98 Å². The summed E-state index contributed by atoms with van der Waals surface area (Å²) in [7, 11) is 0. The molecule has 0 unspecified atom stereocenters. The summed E-state index contributed by atoms with van der Waals surface area (Å²) in [4.78, 5) is 3.89. The number of nitrogens with zero attached hydrogens (tertiary/aromatic N) is 1. The standard InChI is InChI=1S/C10H10F3NO/c1-3-9-7(2)4-8(5-14-9)15-6-10(11,12)13/h3-5H,1,6H2,2H3. The zero-order chi connectivity index (χ0) is 11.5. The maximum Gasteiger partial charge on any atom is 0.422 e. The summed E-state index contributed by atoms with van der Waals surface area (Å²) in [6, 6.07) is 1.50. The Labute approximate surface area is 85.4 Å². The molecule has 0 aromatic carbocycles. The molecule has 0 aliphatic heterocycles. The van der Waals surface area contributed by atoms with E-state index in [0.717, 1.165) is 5.56 Å². The largest absolute Gasteiger partial charge is 0.482 e. The Balaban J connectivity index is 2.72. The predicted molar refractivity (Wildman–Crippen MR) is 50.6 cm³/mol. The average molecular weight is 217 g/mol. The molecular weight excluding hydrogens is 207 g/mol. The molecule has 2 nitrogen and oxygen atoms in total. The van der Waals surface area contributed by atoms with E-state index in [-0.39, 0.29) is 5.75 Å². The second kappa shape index (κ2) is 4.33. The summed E-state index contributed by atoms with van der Waals surface area (Å²) in [5.41, 5.74) is 1.36. The zero-order valence-corrected chi connectivity index (χ0v) is 8.14. The molecule has 1 heterocycles. The van der Waals surface area contributed by atoms with Gasteiger partial charge in [-0.25, -0.2) is 0 Å². The van der Waals surface area contributed by atoms with Gasteiger partial charge in [0, 0.05) is 0 Å². The monoisotopic (exact) mass is 217 g/mol. The van der Waals surface area contributed by atoms with Crippen LogP contribution in [-0.2, 0) is 0 Å². The molecule has 82 valence electrons. The molecule has 0 aliphatic carbocycles. The van der Waals surface area contributed by atoms with Crippen LogP contribution in [0, 0.1) is 6.92 Å². The van der Waals surface area contributed by atoms with E-state index in [1.165, 1.54) is 18.3 Å². The van der Waals surface area contributed by atoms with E-state index in [9.17, 15) is 13.2 Å². The molecule has 5 heteroatoms. The maximum absolute atomic E-state index is 11.8. The van der Waals surface area contributed by atoms with Gasteiger partial charge in [0.05, 0.1) is 11.9 Å². The van der Waals surface area contributed by atoms with E-state index in [4.69, 9.17) is 0 Å². The highest BCUT2D eigenvalue weighted by Gasteiger charge is 2.28. The Bertz CT molecular complexity index is 360. The summed E-state index contributed by atoms with van der Waals surface area (Å²) < 4.78 is 40.0. The topological polar surface area (TPSA) is 22.1 Å². The lowest BCUT2D eigenvalue weighted by molar-refractivity contribution is -0.153. The summed E-state index contributed by atoms with van der Waals surface area (Å²) in [5, 5.41) is 0. The highest BCUT2D eigenvalue weighted by molar-refractivity contribution is 5.47. The first kappa shape index (κ1) is 11.6. The average Bonchev–Trinajstić information content (AvgIpc) is 2.14. The summed E-state index contributed by atoms with van der Waals surface area (Å²) in [5.74, 6) is 0.107. The van der Waals surface area contributed by atoms with Crippen molar-refractivity contribution in [3.8, 4) is 5.75 Å². The molecule has 0 aliphatic rings. The molecule has 0 atom stereocenters. The quantitative estimate of drug-likeness (QED) is 0.776. The molecule has 0 amide bonds. The molecule has 0 N–H and O–H groups in total.